The predicted molar refractivity (Wildman–Crippen MR) is 70.2 cm³/mol. The minimum atomic E-state index is -0.618. The molecule has 0 rings (SSSR count). The molecule has 0 spiro atoms. The van der Waals surface area contributed by atoms with Gasteiger partial charge in [0.1, 0.15) is 0 Å². The van der Waals surface area contributed by atoms with Crippen molar-refractivity contribution >= 4 is 5.97 Å². The molecule has 0 aromatic heterocycles. The zero-order chi connectivity index (χ0) is 12.9. The molecule has 1 atom stereocenters. The van der Waals surface area contributed by atoms with Gasteiger partial charge in [-0.15, -0.1) is 0 Å². The largest absolute Gasteiger partial charge is 0.481 e. The van der Waals surface area contributed by atoms with Crippen LogP contribution < -0.4 is 0 Å². The maximum Gasteiger partial charge on any atom is 0.306 e. The fourth-order valence-corrected chi connectivity index (χ4v) is 1.93. The van der Waals surface area contributed by atoms with Crippen LogP contribution in [0.15, 0.2) is 0 Å². The Hall–Kier alpha value is -0.570. The highest BCUT2D eigenvalue weighted by Crippen LogP contribution is 2.17. The number of rotatable bonds is 12. The molecule has 3 nitrogen and oxygen atoms in total. The monoisotopic (exact) mass is 244 g/mol. The number of ether oxygens (including phenoxy) is 1. The van der Waals surface area contributed by atoms with E-state index in [2.05, 4.69) is 6.92 Å². The first-order valence-electron chi connectivity index (χ1n) is 7.02. The summed E-state index contributed by atoms with van der Waals surface area (Å²) in [5, 5.41) is 9.05. The van der Waals surface area contributed by atoms with Crippen LogP contribution in [0.5, 0.6) is 0 Å². The van der Waals surface area contributed by atoms with E-state index in [0.29, 0.717) is 0 Å². The molecule has 0 saturated carbocycles. The predicted octanol–water partition coefficient (Wildman–Crippen LogP) is 3.86. The molecule has 0 aliphatic carbocycles. The molecule has 1 N–H and O–H groups in total. The number of carbonyl (C=O) groups is 1. The van der Waals surface area contributed by atoms with Gasteiger partial charge in [0, 0.05) is 13.2 Å². The van der Waals surface area contributed by atoms with Crippen molar-refractivity contribution in [2.75, 3.05) is 13.2 Å². The fourth-order valence-electron chi connectivity index (χ4n) is 1.93. The van der Waals surface area contributed by atoms with Gasteiger partial charge in [-0.1, -0.05) is 39.0 Å². The zero-order valence-electron chi connectivity index (χ0n) is 11.4. The molecule has 0 saturated heterocycles. The Bertz CT molecular complexity index is 180. The van der Waals surface area contributed by atoms with Crippen LogP contribution in [0, 0.1) is 5.92 Å². The second-order valence-electron chi connectivity index (χ2n) is 4.58. The molecule has 0 fully saturated rings. The van der Waals surface area contributed by atoms with Gasteiger partial charge < -0.3 is 9.84 Å². The average Bonchev–Trinajstić information content (AvgIpc) is 2.31. The molecule has 0 aromatic carbocycles. The Morgan fingerprint density at radius 3 is 2.29 bits per heavy atom. The molecule has 0 aromatic rings. The minimum Gasteiger partial charge on any atom is -0.481 e. The molecule has 3 heteroatoms. The zero-order valence-corrected chi connectivity index (χ0v) is 11.4. The van der Waals surface area contributed by atoms with Crippen molar-refractivity contribution in [3.63, 3.8) is 0 Å². The number of carboxylic acids is 1. The molecule has 0 amide bonds. The molecule has 0 aliphatic rings. The Balaban J connectivity index is 3.44. The van der Waals surface area contributed by atoms with E-state index in [0.717, 1.165) is 64.6 Å². The van der Waals surface area contributed by atoms with Gasteiger partial charge in [-0.2, -0.15) is 0 Å². The summed E-state index contributed by atoms with van der Waals surface area (Å²) in [5.41, 5.74) is 0. The van der Waals surface area contributed by atoms with Gasteiger partial charge in [0.15, 0.2) is 0 Å². The normalized spacial score (nSPS) is 12.6. The lowest BCUT2D eigenvalue weighted by molar-refractivity contribution is -0.142. The summed E-state index contributed by atoms with van der Waals surface area (Å²) in [6, 6.07) is 0. The van der Waals surface area contributed by atoms with Crippen LogP contribution in [0.1, 0.15) is 65.2 Å². The molecule has 1 unspecified atom stereocenters. The molecular weight excluding hydrogens is 216 g/mol. The highest BCUT2D eigenvalue weighted by Gasteiger charge is 2.15. The van der Waals surface area contributed by atoms with Crippen LogP contribution in [-0.4, -0.2) is 24.3 Å². The summed E-state index contributed by atoms with van der Waals surface area (Å²) >= 11 is 0. The van der Waals surface area contributed by atoms with Crippen molar-refractivity contribution in [2.45, 2.75) is 65.2 Å². The highest BCUT2D eigenvalue weighted by atomic mass is 16.5. The second-order valence-corrected chi connectivity index (χ2v) is 4.58. The van der Waals surface area contributed by atoms with E-state index in [9.17, 15) is 4.79 Å². The van der Waals surface area contributed by atoms with Gasteiger partial charge in [0.05, 0.1) is 5.92 Å². The van der Waals surface area contributed by atoms with E-state index in [-0.39, 0.29) is 5.92 Å². The van der Waals surface area contributed by atoms with Crippen molar-refractivity contribution in [3.05, 3.63) is 0 Å². The van der Waals surface area contributed by atoms with Gasteiger partial charge in [-0.3, -0.25) is 4.79 Å². The molecule has 0 heterocycles. The van der Waals surface area contributed by atoms with Crippen LogP contribution in [0.2, 0.25) is 0 Å². The third-order valence-electron chi connectivity index (χ3n) is 3.05. The van der Waals surface area contributed by atoms with E-state index in [4.69, 9.17) is 9.84 Å². The van der Waals surface area contributed by atoms with Crippen LogP contribution in [0.4, 0.5) is 0 Å². The third-order valence-corrected chi connectivity index (χ3v) is 3.05. The van der Waals surface area contributed by atoms with Crippen LogP contribution >= 0.6 is 0 Å². The highest BCUT2D eigenvalue weighted by molar-refractivity contribution is 5.69. The van der Waals surface area contributed by atoms with Crippen molar-refractivity contribution in [2.24, 2.45) is 5.92 Å². The quantitative estimate of drug-likeness (QED) is 0.530. The van der Waals surface area contributed by atoms with Gasteiger partial charge >= 0.3 is 5.97 Å². The van der Waals surface area contributed by atoms with E-state index in [1.807, 2.05) is 6.92 Å². The minimum absolute atomic E-state index is 0.123. The van der Waals surface area contributed by atoms with E-state index in [1.165, 1.54) is 0 Å². The summed E-state index contributed by atoms with van der Waals surface area (Å²) in [7, 11) is 0. The average molecular weight is 244 g/mol. The molecule has 102 valence electrons. The van der Waals surface area contributed by atoms with Crippen molar-refractivity contribution in [1.82, 2.24) is 0 Å². The lowest BCUT2D eigenvalue weighted by atomic mass is 9.95. The van der Waals surface area contributed by atoms with Crippen molar-refractivity contribution in [1.29, 1.82) is 0 Å². The van der Waals surface area contributed by atoms with Gasteiger partial charge in [-0.05, 0) is 26.2 Å². The molecule has 0 bridgehead atoms. The number of unbranched alkanes of at least 4 members (excludes halogenated alkanes) is 4. The molecule has 0 radical (unpaired) electrons. The molecular formula is C14H28O3. The lowest BCUT2D eigenvalue weighted by Crippen LogP contribution is -2.13. The summed E-state index contributed by atoms with van der Waals surface area (Å²) < 4.78 is 5.26. The van der Waals surface area contributed by atoms with E-state index >= 15 is 0 Å². The standard InChI is InChI=1S/C14H28O3/c1-3-5-10-13(14(15)16)11-8-6-7-9-12-17-4-2/h13H,3-12H2,1-2H3,(H,15,16). The molecule has 0 aliphatic heterocycles. The van der Waals surface area contributed by atoms with Crippen molar-refractivity contribution < 1.29 is 14.6 Å². The maximum absolute atomic E-state index is 11.0. The van der Waals surface area contributed by atoms with Crippen LogP contribution in [-0.2, 0) is 9.53 Å². The van der Waals surface area contributed by atoms with Crippen LogP contribution in [0.3, 0.4) is 0 Å². The number of hydrogen-bond donors (Lipinski definition) is 1. The summed E-state index contributed by atoms with van der Waals surface area (Å²) in [4.78, 5) is 11.0. The first-order chi connectivity index (χ1) is 8.22. The van der Waals surface area contributed by atoms with Gasteiger partial charge in [-0.25, -0.2) is 0 Å². The summed E-state index contributed by atoms with van der Waals surface area (Å²) in [6.45, 7) is 5.74. The Kier molecular flexibility index (Phi) is 11.5. The smallest absolute Gasteiger partial charge is 0.306 e. The first kappa shape index (κ1) is 16.4. The summed E-state index contributed by atoms with van der Waals surface area (Å²) in [6.07, 6.45) is 8.20. The SMILES string of the molecule is CCCCC(CCCCCCOCC)C(=O)O. The van der Waals surface area contributed by atoms with Crippen LogP contribution in [0.25, 0.3) is 0 Å². The number of hydrogen-bond acceptors (Lipinski definition) is 2. The van der Waals surface area contributed by atoms with Gasteiger partial charge in [0.25, 0.3) is 0 Å². The lowest BCUT2D eigenvalue weighted by Gasteiger charge is -2.11. The van der Waals surface area contributed by atoms with Gasteiger partial charge in [0.2, 0.25) is 0 Å². The third kappa shape index (κ3) is 10.3. The second kappa shape index (κ2) is 11.9. The fraction of sp³-hybridized carbons (Fsp3) is 0.929. The topological polar surface area (TPSA) is 46.5 Å². The molecule has 17 heavy (non-hydrogen) atoms. The first-order valence-corrected chi connectivity index (χ1v) is 7.02. The Morgan fingerprint density at radius 2 is 1.71 bits per heavy atom. The van der Waals surface area contributed by atoms with Crippen molar-refractivity contribution in [3.8, 4) is 0 Å². The van der Waals surface area contributed by atoms with E-state index < -0.39 is 5.97 Å². The number of carboxylic acid groups (broad SMARTS) is 1. The summed E-state index contributed by atoms with van der Waals surface area (Å²) in [5.74, 6) is -0.741. The Labute approximate surface area is 106 Å². The van der Waals surface area contributed by atoms with E-state index in [1.54, 1.807) is 0 Å². The number of aliphatic carboxylic acids is 1. The Morgan fingerprint density at radius 1 is 1.06 bits per heavy atom. The maximum atomic E-state index is 11.0.